The lowest BCUT2D eigenvalue weighted by molar-refractivity contribution is 0.107. The molecule has 0 aliphatic heterocycles. The van der Waals surface area contributed by atoms with E-state index in [1.165, 1.54) is 25.3 Å². The standard InChI is InChI=1S/C15H14F3NO3S/c1-22-15(10-3-2-4-11(16)7-10)9-19-23(20,21)12-5-6-13(17)14(18)8-12/h2-8,15,19H,9H2,1H3. The van der Waals surface area contributed by atoms with Gasteiger partial charge in [0.2, 0.25) is 10.0 Å². The first-order valence-electron chi connectivity index (χ1n) is 6.56. The molecule has 0 aliphatic carbocycles. The monoisotopic (exact) mass is 345 g/mol. The van der Waals surface area contributed by atoms with Gasteiger partial charge in [0.25, 0.3) is 0 Å². The summed E-state index contributed by atoms with van der Waals surface area (Å²) in [5.41, 5.74) is 0.445. The second-order valence-corrected chi connectivity index (χ2v) is 6.47. The van der Waals surface area contributed by atoms with Crippen LogP contribution in [-0.2, 0) is 14.8 Å². The number of benzene rings is 2. The first-order valence-corrected chi connectivity index (χ1v) is 8.05. The Balaban J connectivity index is 2.15. The van der Waals surface area contributed by atoms with Crippen molar-refractivity contribution in [2.24, 2.45) is 0 Å². The third-order valence-electron chi connectivity index (χ3n) is 3.17. The lowest BCUT2D eigenvalue weighted by Gasteiger charge is -2.17. The maximum Gasteiger partial charge on any atom is 0.240 e. The Labute approximate surface area is 132 Å². The Bertz CT molecular complexity index is 796. The molecule has 0 fully saturated rings. The summed E-state index contributed by atoms with van der Waals surface area (Å²) in [6.45, 7) is -0.193. The summed E-state index contributed by atoms with van der Waals surface area (Å²) < 4.78 is 70.8. The maximum absolute atomic E-state index is 13.2. The van der Waals surface area contributed by atoms with E-state index in [4.69, 9.17) is 4.74 Å². The molecule has 0 spiro atoms. The summed E-state index contributed by atoms with van der Waals surface area (Å²) in [5.74, 6) is -2.88. The molecule has 2 rings (SSSR count). The van der Waals surface area contributed by atoms with Crippen molar-refractivity contribution in [1.82, 2.24) is 4.72 Å². The van der Waals surface area contributed by atoms with Crippen LogP contribution in [0.15, 0.2) is 47.4 Å². The van der Waals surface area contributed by atoms with Crippen molar-refractivity contribution in [3.05, 3.63) is 65.5 Å². The topological polar surface area (TPSA) is 55.4 Å². The molecule has 2 aromatic rings. The molecular weight excluding hydrogens is 331 g/mol. The number of halogens is 3. The molecule has 1 N–H and O–H groups in total. The Hall–Kier alpha value is -1.90. The second-order valence-electron chi connectivity index (χ2n) is 4.71. The van der Waals surface area contributed by atoms with E-state index >= 15 is 0 Å². The molecule has 4 nitrogen and oxygen atoms in total. The number of hydrogen-bond acceptors (Lipinski definition) is 3. The molecule has 0 amide bonds. The molecule has 0 bridgehead atoms. The SMILES string of the molecule is COC(CNS(=O)(=O)c1ccc(F)c(F)c1)c1cccc(F)c1. The van der Waals surface area contributed by atoms with Crippen LogP contribution in [0.3, 0.4) is 0 Å². The van der Waals surface area contributed by atoms with Crippen molar-refractivity contribution >= 4 is 10.0 Å². The highest BCUT2D eigenvalue weighted by molar-refractivity contribution is 7.89. The van der Waals surface area contributed by atoms with Crippen molar-refractivity contribution in [3.63, 3.8) is 0 Å². The van der Waals surface area contributed by atoms with Crippen LogP contribution >= 0.6 is 0 Å². The highest BCUT2D eigenvalue weighted by Gasteiger charge is 2.19. The third-order valence-corrected chi connectivity index (χ3v) is 4.59. The number of rotatable bonds is 6. The van der Waals surface area contributed by atoms with Crippen LogP contribution in [-0.4, -0.2) is 22.1 Å². The molecule has 0 radical (unpaired) electrons. The van der Waals surface area contributed by atoms with Gasteiger partial charge in [-0.2, -0.15) is 0 Å². The summed E-state index contributed by atoms with van der Waals surface area (Å²) in [6, 6.07) is 7.79. The van der Waals surface area contributed by atoms with E-state index in [1.807, 2.05) is 0 Å². The predicted molar refractivity (Wildman–Crippen MR) is 77.7 cm³/mol. The van der Waals surface area contributed by atoms with E-state index < -0.39 is 38.5 Å². The fourth-order valence-corrected chi connectivity index (χ4v) is 3.00. The van der Waals surface area contributed by atoms with Gasteiger partial charge in [-0.25, -0.2) is 26.3 Å². The molecule has 0 saturated carbocycles. The minimum absolute atomic E-state index is 0.193. The van der Waals surface area contributed by atoms with Crippen molar-refractivity contribution in [2.75, 3.05) is 13.7 Å². The molecule has 1 atom stereocenters. The number of nitrogens with one attached hydrogen (secondary N) is 1. The summed E-state index contributed by atoms with van der Waals surface area (Å²) in [6.07, 6.45) is -0.731. The van der Waals surface area contributed by atoms with Crippen LogP contribution in [0.4, 0.5) is 13.2 Å². The largest absolute Gasteiger partial charge is 0.375 e. The molecule has 23 heavy (non-hydrogen) atoms. The van der Waals surface area contributed by atoms with E-state index in [1.54, 1.807) is 6.07 Å². The van der Waals surface area contributed by atoms with Crippen molar-refractivity contribution in [1.29, 1.82) is 0 Å². The number of methoxy groups -OCH3 is 1. The highest BCUT2D eigenvalue weighted by Crippen LogP contribution is 2.19. The van der Waals surface area contributed by atoms with Gasteiger partial charge in [0.05, 0.1) is 11.0 Å². The number of ether oxygens (including phenoxy) is 1. The van der Waals surface area contributed by atoms with E-state index in [9.17, 15) is 21.6 Å². The Morgan fingerprint density at radius 3 is 2.43 bits per heavy atom. The Morgan fingerprint density at radius 2 is 1.83 bits per heavy atom. The molecule has 0 aromatic heterocycles. The maximum atomic E-state index is 13.2. The van der Waals surface area contributed by atoms with Gasteiger partial charge < -0.3 is 4.74 Å². The zero-order chi connectivity index (χ0) is 17.0. The molecule has 1 unspecified atom stereocenters. The third kappa shape index (κ3) is 4.31. The normalized spacial score (nSPS) is 13.0. The first-order chi connectivity index (χ1) is 10.8. The molecule has 0 saturated heterocycles. The first kappa shape index (κ1) is 17.5. The van der Waals surface area contributed by atoms with E-state index in [0.29, 0.717) is 11.6 Å². The lowest BCUT2D eigenvalue weighted by atomic mass is 10.1. The second kappa shape index (κ2) is 7.12. The van der Waals surface area contributed by atoms with E-state index in [2.05, 4.69) is 4.72 Å². The zero-order valence-electron chi connectivity index (χ0n) is 12.1. The van der Waals surface area contributed by atoms with Crippen LogP contribution in [0.1, 0.15) is 11.7 Å². The summed E-state index contributed by atoms with van der Waals surface area (Å²) in [7, 11) is -2.70. The predicted octanol–water partition coefficient (Wildman–Crippen LogP) is 2.77. The molecule has 8 heteroatoms. The van der Waals surface area contributed by atoms with Gasteiger partial charge in [-0.3, -0.25) is 0 Å². The van der Waals surface area contributed by atoms with Gasteiger partial charge in [0, 0.05) is 13.7 Å². The summed E-state index contributed by atoms with van der Waals surface area (Å²) in [5, 5.41) is 0. The average molecular weight is 345 g/mol. The number of sulfonamides is 1. The highest BCUT2D eigenvalue weighted by atomic mass is 32.2. The van der Waals surface area contributed by atoms with Crippen LogP contribution in [0.2, 0.25) is 0 Å². The van der Waals surface area contributed by atoms with Crippen LogP contribution < -0.4 is 4.72 Å². The van der Waals surface area contributed by atoms with Crippen LogP contribution in [0.5, 0.6) is 0 Å². The average Bonchev–Trinajstić information content (AvgIpc) is 2.50. The minimum Gasteiger partial charge on any atom is -0.375 e. The zero-order valence-corrected chi connectivity index (χ0v) is 12.9. The van der Waals surface area contributed by atoms with E-state index in [-0.39, 0.29) is 6.54 Å². The van der Waals surface area contributed by atoms with Gasteiger partial charge in [-0.05, 0) is 35.9 Å². The van der Waals surface area contributed by atoms with Gasteiger partial charge in [0.15, 0.2) is 11.6 Å². The van der Waals surface area contributed by atoms with Crippen LogP contribution in [0.25, 0.3) is 0 Å². The molecule has 0 aliphatic rings. The fourth-order valence-electron chi connectivity index (χ4n) is 1.96. The van der Waals surface area contributed by atoms with Gasteiger partial charge in [-0.1, -0.05) is 12.1 Å². The Kier molecular flexibility index (Phi) is 5.40. The summed E-state index contributed by atoms with van der Waals surface area (Å²) >= 11 is 0. The lowest BCUT2D eigenvalue weighted by Crippen LogP contribution is -2.29. The molecule has 124 valence electrons. The molecular formula is C15H14F3NO3S. The van der Waals surface area contributed by atoms with Gasteiger partial charge in [0.1, 0.15) is 5.82 Å². The fraction of sp³-hybridized carbons (Fsp3) is 0.200. The van der Waals surface area contributed by atoms with Crippen molar-refractivity contribution in [3.8, 4) is 0 Å². The van der Waals surface area contributed by atoms with E-state index in [0.717, 1.165) is 12.1 Å². The van der Waals surface area contributed by atoms with Crippen molar-refractivity contribution < 1.29 is 26.3 Å². The molecule has 2 aromatic carbocycles. The van der Waals surface area contributed by atoms with Crippen molar-refractivity contribution in [2.45, 2.75) is 11.0 Å². The quantitative estimate of drug-likeness (QED) is 0.876. The van der Waals surface area contributed by atoms with Gasteiger partial charge in [-0.15, -0.1) is 0 Å². The Morgan fingerprint density at radius 1 is 1.09 bits per heavy atom. The smallest absolute Gasteiger partial charge is 0.240 e. The molecule has 0 heterocycles. The van der Waals surface area contributed by atoms with Gasteiger partial charge >= 0.3 is 0 Å². The number of hydrogen-bond donors (Lipinski definition) is 1. The minimum atomic E-state index is -4.05. The van der Waals surface area contributed by atoms with Crippen LogP contribution in [0, 0.1) is 17.5 Å². The summed E-state index contributed by atoms with van der Waals surface area (Å²) in [4.78, 5) is -0.412.